The lowest BCUT2D eigenvalue weighted by molar-refractivity contribution is 0.321. The van der Waals surface area contributed by atoms with Gasteiger partial charge in [0.1, 0.15) is 4.90 Å². The van der Waals surface area contributed by atoms with E-state index in [1.807, 2.05) is 0 Å². The zero-order valence-electron chi connectivity index (χ0n) is 12.3. The van der Waals surface area contributed by atoms with Crippen LogP contribution in [0.2, 0.25) is 0 Å². The molecule has 5 nitrogen and oxygen atoms in total. The fraction of sp³-hybridized carbons (Fsp3) is 0.615. The molecule has 1 rings (SSSR count). The molecule has 0 saturated heterocycles. The van der Waals surface area contributed by atoms with Crippen LogP contribution in [-0.4, -0.2) is 42.5 Å². The largest absolute Gasteiger partial charge is 0.304 e. The zero-order chi connectivity index (χ0) is 15.1. The summed E-state index contributed by atoms with van der Waals surface area (Å²) in [7, 11) is -4.11. The summed E-state index contributed by atoms with van der Waals surface area (Å²) in [5.41, 5.74) is 1.04. The van der Waals surface area contributed by atoms with Gasteiger partial charge in [-0.05, 0) is 45.6 Å². The number of aryl methyl sites for hydroxylation is 2. The third-order valence-corrected chi connectivity index (χ3v) is 3.78. The summed E-state index contributed by atoms with van der Waals surface area (Å²) < 4.78 is 30.1. The summed E-state index contributed by atoms with van der Waals surface area (Å²) in [6.45, 7) is 13.4. The second-order valence-electron chi connectivity index (χ2n) is 4.13. The normalized spacial score (nSPS) is 11.1. The second kappa shape index (κ2) is 8.24. The highest BCUT2D eigenvalue weighted by Crippen LogP contribution is 2.12. The zero-order valence-corrected chi connectivity index (χ0v) is 13.2. The Hall–Kier alpha value is -0.980. The van der Waals surface area contributed by atoms with E-state index in [1.54, 1.807) is 6.92 Å². The summed E-state index contributed by atoms with van der Waals surface area (Å²) in [4.78, 5) is 6.14. The maximum Gasteiger partial charge on any atom is 0.296 e. The number of nitrogens with zero attached hydrogens (tertiary/aromatic N) is 2. The number of aromatic nitrogens is 1. The van der Waals surface area contributed by atoms with E-state index < -0.39 is 10.1 Å². The average Bonchev–Trinajstić information content (AvgIpc) is 2.30. The minimum Gasteiger partial charge on any atom is -0.304 e. The minimum absolute atomic E-state index is 0.131. The van der Waals surface area contributed by atoms with Crippen molar-refractivity contribution in [2.75, 3.05) is 19.6 Å². The quantitative estimate of drug-likeness (QED) is 0.861. The van der Waals surface area contributed by atoms with Crippen molar-refractivity contribution < 1.29 is 13.0 Å². The van der Waals surface area contributed by atoms with Crippen molar-refractivity contribution in [2.45, 2.75) is 39.5 Å². The van der Waals surface area contributed by atoms with Crippen LogP contribution in [0.4, 0.5) is 0 Å². The fourth-order valence-electron chi connectivity index (χ4n) is 1.62. The highest BCUT2D eigenvalue weighted by atomic mass is 32.2. The van der Waals surface area contributed by atoms with E-state index in [2.05, 4.69) is 30.7 Å². The lowest BCUT2D eigenvalue weighted by Gasteiger charge is -2.13. The lowest BCUT2D eigenvalue weighted by Crippen LogP contribution is -2.21. The van der Waals surface area contributed by atoms with E-state index in [0.717, 1.165) is 5.69 Å². The first-order chi connectivity index (χ1) is 8.76. The molecule has 1 aromatic rings. The van der Waals surface area contributed by atoms with Gasteiger partial charge >= 0.3 is 0 Å². The van der Waals surface area contributed by atoms with Gasteiger partial charge in [-0.2, -0.15) is 8.42 Å². The van der Waals surface area contributed by atoms with E-state index in [9.17, 15) is 8.42 Å². The van der Waals surface area contributed by atoms with Crippen LogP contribution >= 0.6 is 0 Å². The highest BCUT2D eigenvalue weighted by molar-refractivity contribution is 7.85. The van der Waals surface area contributed by atoms with Crippen LogP contribution in [0.3, 0.4) is 0 Å². The molecule has 0 spiro atoms. The molecule has 0 amide bonds. The molecule has 0 bridgehead atoms. The van der Waals surface area contributed by atoms with Crippen molar-refractivity contribution in [1.29, 1.82) is 0 Å². The van der Waals surface area contributed by atoms with Crippen LogP contribution in [-0.2, 0) is 10.1 Å². The molecule has 19 heavy (non-hydrogen) atoms. The van der Waals surface area contributed by atoms with Crippen LogP contribution in [0, 0.1) is 13.8 Å². The molecule has 0 aliphatic carbocycles. The molecule has 6 heteroatoms. The number of pyridine rings is 1. The summed E-state index contributed by atoms with van der Waals surface area (Å²) >= 11 is 0. The molecule has 0 atom stereocenters. The monoisotopic (exact) mass is 288 g/mol. The molecule has 0 unspecified atom stereocenters. The smallest absolute Gasteiger partial charge is 0.296 e. The molecule has 0 fully saturated rings. The van der Waals surface area contributed by atoms with E-state index >= 15 is 0 Å². The van der Waals surface area contributed by atoms with Gasteiger partial charge in [0.15, 0.2) is 0 Å². The predicted molar refractivity (Wildman–Crippen MR) is 77.0 cm³/mol. The van der Waals surface area contributed by atoms with Gasteiger partial charge in [0.05, 0.1) is 5.69 Å². The Kier molecular flexibility index (Phi) is 7.82. The van der Waals surface area contributed by atoms with Gasteiger partial charge in [0.2, 0.25) is 0 Å². The van der Waals surface area contributed by atoms with Crippen LogP contribution in [0.25, 0.3) is 0 Å². The molecule has 110 valence electrons. The van der Waals surface area contributed by atoms with Crippen molar-refractivity contribution in [2.24, 2.45) is 0 Å². The molecular formula is C13H24N2O3S. The third-order valence-electron chi connectivity index (χ3n) is 2.80. The second-order valence-corrected chi connectivity index (χ2v) is 5.52. The maximum absolute atomic E-state index is 10.7. The standard InChI is InChI=1S/C7H9NO3S.C6H15N/c1-5-3-4-7(6(2)8-5)12(9,10)11;1-4-7(5-2)6-3/h3-4H,1-2H3,(H,9,10,11);4-6H2,1-3H3. The van der Waals surface area contributed by atoms with Crippen molar-refractivity contribution in [3.63, 3.8) is 0 Å². The number of hydrogen-bond acceptors (Lipinski definition) is 4. The molecular weight excluding hydrogens is 264 g/mol. The number of hydrogen-bond donors (Lipinski definition) is 1. The van der Waals surface area contributed by atoms with Crippen molar-refractivity contribution in [3.05, 3.63) is 23.5 Å². The Morgan fingerprint density at radius 2 is 1.58 bits per heavy atom. The van der Waals surface area contributed by atoms with Gasteiger partial charge in [-0.1, -0.05) is 20.8 Å². The van der Waals surface area contributed by atoms with E-state index in [1.165, 1.54) is 38.7 Å². The van der Waals surface area contributed by atoms with E-state index in [0.29, 0.717) is 5.69 Å². The minimum atomic E-state index is -4.11. The first-order valence-corrected chi connectivity index (χ1v) is 7.84. The molecule has 0 aromatic carbocycles. The van der Waals surface area contributed by atoms with Gasteiger partial charge in [-0.15, -0.1) is 0 Å². The Bertz CT molecular complexity index is 477. The van der Waals surface area contributed by atoms with Crippen LogP contribution < -0.4 is 0 Å². The predicted octanol–water partition coefficient (Wildman–Crippen LogP) is 2.29. The van der Waals surface area contributed by atoms with Crippen molar-refractivity contribution >= 4 is 10.1 Å². The molecule has 0 saturated carbocycles. The van der Waals surface area contributed by atoms with Gasteiger partial charge in [0, 0.05) is 5.69 Å². The summed E-state index contributed by atoms with van der Waals surface area (Å²) in [6.07, 6.45) is 0. The van der Waals surface area contributed by atoms with Crippen LogP contribution in [0.1, 0.15) is 32.2 Å². The third kappa shape index (κ3) is 6.66. The van der Waals surface area contributed by atoms with Gasteiger partial charge in [0.25, 0.3) is 10.1 Å². The Morgan fingerprint density at radius 3 is 1.84 bits per heavy atom. The molecule has 0 aliphatic heterocycles. The van der Waals surface area contributed by atoms with E-state index in [4.69, 9.17) is 4.55 Å². The Labute approximate surface area is 116 Å². The lowest BCUT2D eigenvalue weighted by atomic mass is 10.3. The van der Waals surface area contributed by atoms with E-state index in [-0.39, 0.29) is 4.90 Å². The highest BCUT2D eigenvalue weighted by Gasteiger charge is 2.12. The molecule has 1 heterocycles. The summed E-state index contributed by atoms with van der Waals surface area (Å²) in [5, 5.41) is 0. The summed E-state index contributed by atoms with van der Waals surface area (Å²) in [6, 6.07) is 2.88. The first-order valence-electron chi connectivity index (χ1n) is 6.40. The first kappa shape index (κ1) is 18.0. The van der Waals surface area contributed by atoms with Gasteiger partial charge < -0.3 is 4.90 Å². The van der Waals surface area contributed by atoms with Crippen molar-refractivity contribution in [3.8, 4) is 0 Å². The van der Waals surface area contributed by atoms with Crippen molar-refractivity contribution in [1.82, 2.24) is 9.88 Å². The van der Waals surface area contributed by atoms with Crippen LogP contribution in [0.15, 0.2) is 17.0 Å². The SMILES string of the molecule is CCN(CC)CC.Cc1ccc(S(=O)(=O)O)c(C)n1. The molecule has 1 aromatic heterocycles. The average molecular weight is 288 g/mol. The Balaban J connectivity index is 0.000000399. The maximum atomic E-state index is 10.7. The molecule has 0 aliphatic rings. The topological polar surface area (TPSA) is 70.5 Å². The molecule has 0 radical (unpaired) electrons. The van der Waals surface area contributed by atoms with Gasteiger partial charge in [-0.25, -0.2) is 0 Å². The fourth-order valence-corrected chi connectivity index (χ4v) is 2.28. The number of rotatable bonds is 4. The van der Waals surface area contributed by atoms with Crippen LogP contribution in [0.5, 0.6) is 0 Å². The van der Waals surface area contributed by atoms with Gasteiger partial charge in [-0.3, -0.25) is 9.54 Å². The molecule has 1 N–H and O–H groups in total. The Morgan fingerprint density at radius 1 is 1.11 bits per heavy atom. The summed E-state index contributed by atoms with van der Waals surface area (Å²) in [5.74, 6) is 0.